The predicted octanol–water partition coefficient (Wildman–Crippen LogP) is 1.09. The molecule has 0 aromatic heterocycles. The van der Waals surface area contributed by atoms with E-state index in [-0.39, 0.29) is 5.82 Å². The van der Waals surface area contributed by atoms with Crippen LogP contribution in [0.3, 0.4) is 0 Å². The van der Waals surface area contributed by atoms with Crippen molar-refractivity contribution in [2.75, 3.05) is 32.9 Å². The van der Waals surface area contributed by atoms with Gasteiger partial charge in [0.05, 0.1) is 19.8 Å². The molecule has 0 radical (unpaired) electrons. The molecule has 0 saturated carbocycles. The van der Waals surface area contributed by atoms with Gasteiger partial charge in [0.1, 0.15) is 5.82 Å². The van der Waals surface area contributed by atoms with Crippen LogP contribution in [-0.2, 0) is 22.5 Å². The molecular weight excluding hydrogens is 235 g/mol. The van der Waals surface area contributed by atoms with E-state index < -0.39 is 0 Å². The molecule has 0 amide bonds. The molecule has 18 heavy (non-hydrogen) atoms. The van der Waals surface area contributed by atoms with Crippen LogP contribution >= 0.6 is 0 Å². The van der Waals surface area contributed by atoms with E-state index in [1.165, 1.54) is 0 Å². The van der Waals surface area contributed by atoms with Crippen molar-refractivity contribution in [3.63, 3.8) is 0 Å². The lowest BCUT2D eigenvalue weighted by molar-refractivity contribution is 0.0337. The third kappa shape index (κ3) is 3.74. The lowest BCUT2D eigenvalue weighted by Crippen LogP contribution is -2.35. The number of rotatable bonds is 5. The Labute approximate surface area is 106 Å². The SMILES string of the molecule is NOCCc1ccc(CN2CCOCC2)c(F)c1. The van der Waals surface area contributed by atoms with Gasteiger partial charge in [-0.05, 0) is 18.1 Å². The first kappa shape index (κ1) is 13.4. The van der Waals surface area contributed by atoms with Crippen LogP contribution in [0, 0.1) is 5.82 Å². The summed E-state index contributed by atoms with van der Waals surface area (Å²) in [6.07, 6.45) is 0.630. The zero-order chi connectivity index (χ0) is 12.8. The highest BCUT2D eigenvalue weighted by atomic mass is 19.1. The van der Waals surface area contributed by atoms with Crippen molar-refractivity contribution in [2.24, 2.45) is 5.90 Å². The third-order valence-electron chi connectivity index (χ3n) is 3.12. The molecule has 1 heterocycles. The van der Waals surface area contributed by atoms with Gasteiger partial charge in [0.25, 0.3) is 0 Å². The predicted molar refractivity (Wildman–Crippen MR) is 66.3 cm³/mol. The first-order valence-corrected chi connectivity index (χ1v) is 6.18. The summed E-state index contributed by atoms with van der Waals surface area (Å²) in [4.78, 5) is 6.69. The fourth-order valence-corrected chi connectivity index (χ4v) is 2.05. The highest BCUT2D eigenvalue weighted by Gasteiger charge is 2.13. The number of benzene rings is 1. The number of hydrogen-bond donors (Lipinski definition) is 1. The van der Waals surface area contributed by atoms with Crippen LogP contribution in [0.5, 0.6) is 0 Å². The van der Waals surface area contributed by atoms with E-state index in [4.69, 9.17) is 10.6 Å². The largest absolute Gasteiger partial charge is 0.379 e. The molecule has 0 spiro atoms. The maximum absolute atomic E-state index is 13.9. The van der Waals surface area contributed by atoms with Crippen molar-refractivity contribution in [3.05, 3.63) is 35.1 Å². The lowest BCUT2D eigenvalue weighted by atomic mass is 10.1. The Morgan fingerprint density at radius 1 is 1.33 bits per heavy atom. The van der Waals surface area contributed by atoms with Crippen molar-refractivity contribution < 1.29 is 14.0 Å². The summed E-state index contributed by atoms with van der Waals surface area (Å²) in [5.41, 5.74) is 1.64. The molecule has 100 valence electrons. The van der Waals surface area contributed by atoms with E-state index >= 15 is 0 Å². The smallest absolute Gasteiger partial charge is 0.127 e. The lowest BCUT2D eigenvalue weighted by Gasteiger charge is -2.26. The third-order valence-corrected chi connectivity index (χ3v) is 3.12. The van der Waals surface area contributed by atoms with Gasteiger partial charge in [-0.3, -0.25) is 4.90 Å². The summed E-state index contributed by atoms with van der Waals surface area (Å²) in [5, 5.41) is 0. The van der Waals surface area contributed by atoms with Gasteiger partial charge in [-0.25, -0.2) is 10.3 Å². The molecule has 2 rings (SSSR count). The summed E-state index contributed by atoms with van der Waals surface area (Å²) in [7, 11) is 0. The van der Waals surface area contributed by atoms with E-state index in [1.807, 2.05) is 12.1 Å². The van der Waals surface area contributed by atoms with Crippen LogP contribution in [-0.4, -0.2) is 37.8 Å². The van der Waals surface area contributed by atoms with Crippen molar-refractivity contribution >= 4 is 0 Å². The normalized spacial score (nSPS) is 17.0. The fourth-order valence-electron chi connectivity index (χ4n) is 2.05. The molecule has 1 saturated heterocycles. The minimum absolute atomic E-state index is 0.156. The molecule has 0 aliphatic carbocycles. The molecule has 1 aromatic rings. The minimum Gasteiger partial charge on any atom is -0.379 e. The van der Waals surface area contributed by atoms with Gasteiger partial charge >= 0.3 is 0 Å². The molecule has 5 heteroatoms. The Balaban J connectivity index is 1.95. The molecule has 1 aromatic carbocycles. The van der Waals surface area contributed by atoms with Crippen molar-refractivity contribution in [2.45, 2.75) is 13.0 Å². The first-order chi connectivity index (χ1) is 8.79. The standard InChI is InChI=1S/C13H19FN2O2/c14-13-9-11(3-6-18-15)1-2-12(13)10-16-4-7-17-8-5-16/h1-2,9H,3-8,10,15H2. The molecule has 1 fully saturated rings. The average Bonchev–Trinajstić information content (AvgIpc) is 2.40. The quantitative estimate of drug-likeness (QED) is 0.799. The van der Waals surface area contributed by atoms with E-state index in [9.17, 15) is 4.39 Å². The summed E-state index contributed by atoms with van der Waals surface area (Å²) in [6.45, 7) is 4.23. The molecule has 2 N–H and O–H groups in total. The van der Waals surface area contributed by atoms with Crippen LogP contribution < -0.4 is 5.90 Å². The molecule has 4 nitrogen and oxygen atoms in total. The van der Waals surface area contributed by atoms with Crippen molar-refractivity contribution in [1.82, 2.24) is 4.90 Å². The molecule has 0 bridgehead atoms. The Morgan fingerprint density at radius 2 is 2.11 bits per heavy atom. The van der Waals surface area contributed by atoms with E-state index in [1.54, 1.807) is 6.07 Å². The zero-order valence-corrected chi connectivity index (χ0v) is 10.4. The monoisotopic (exact) mass is 254 g/mol. The number of hydrogen-bond acceptors (Lipinski definition) is 4. The van der Waals surface area contributed by atoms with Crippen LogP contribution in [0.4, 0.5) is 4.39 Å². The van der Waals surface area contributed by atoms with Gasteiger partial charge in [-0.1, -0.05) is 12.1 Å². The average molecular weight is 254 g/mol. The number of morpholine rings is 1. The van der Waals surface area contributed by atoms with Gasteiger partial charge in [-0.15, -0.1) is 0 Å². The highest BCUT2D eigenvalue weighted by Crippen LogP contribution is 2.14. The van der Waals surface area contributed by atoms with Crippen LogP contribution in [0.2, 0.25) is 0 Å². The summed E-state index contributed by atoms with van der Waals surface area (Å²) in [5.74, 6) is 4.80. The maximum Gasteiger partial charge on any atom is 0.127 e. The Kier molecular flexibility index (Phi) is 5.07. The van der Waals surface area contributed by atoms with Gasteiger partial charge in [-0.2, -0.15) is 0 Å². The van der Waals surface area contributed by atoms with E-state index in [2.05, 4.69) is 9.74 Å². The Morgan fingerprint density at radius 3 is 2.78 bits per heavy atom. The molecule has 1 aliphatic rings. The maximum atomic E-state index is 13.9. The van der Waals surface area contributed by atoms with Crippen LogP contribution in [0.15, 0.2) is 18.2 Å². The van der Waals surface area contributed by atoms with Gasteiger partial charge in [0.2, 0.25) is 0 Å². The second-order valence-corrected chi connectivity index (χ2v) is 4.44. The molecule has 0 unspecified atom stereocenters. The van der Waals surface area contributed by atoms with Gasteiger partial charge in [0, 0.05) is 25.2 Å². The van der Waals surface area contributed by atoms with Crippen LogP contribution in [0.1, 0.15) is 11.1 Å². The summed E-state index contributed by atoms with van der Waals surface area (Å²) in [6, 6.07) is 5.34. The topological polar surface area (TPSA) is 47.7 Å². The van der Waals surface area contributed by atoms with Crippen LogP contribution in [0.25, 0.3) is 0 Å². The van der Waals surface area contributed by atoms with E-state index in [0.717, 1.165) is 37.4 Å². The molecule has 1 aliphatic heterocycles. The number of ether oxygens (including phenoxy) is 1. The fraction of sp³-hybridized carbons (Fsp3) is 0.538. The minimum atomic E-state index is -0.156. The van der Waals surface area contributed by atoms with Gasteiger partial charge < -0.3 is 9.57 Å². The first-order valence-electron chi connectivity index (χ1n) is 6.18. The number of nitrogens with zero attached hydrogens (tertiary/aromatic N) is 1. The summed E-state index contributed by atoms with van der Waals surface area (Å²) < 4.78 is 19.2. The summed E-state index contributed by atoms with van der Waals surface area (Å²) >= 11 is 0. The highest BCUT2D eigenvalue weighted by molar-refractivity contribution is 5.24. The second kappa shape index (κ2) is 6.80. The zero-order valence-electron chi connectivity index (χ0n) is 10.4. The van der Waals surface area contributed by atoms with Crippen molar-refractivity contribution in [3.8, 4) is 0 Å². The Hall–Kier alpha value is -1.01. The Bertz CT molecular complexity index is 381. The van der Waals surface area contributed by atoms with Gasteiger partial charge in [0.15, 0.2) is 0 Å². The number of nitrogens with two attached hydrogens (primary N) is 1. The van der Waals surface area contributed by atoms with Crippen molar-refractivity contribution in [1.29, 1.82) is 0 Å². The molecular formula is C13H19FN2O2. The second-order valence-electron chi connectivity index (χ2n) is 4.44. The number of halogens is 1. The molecule has 0 atom stereocenters. The van der Waals surface area contributed by atoms with E-state index in [0.29, 0.717) is 19.6 Å².